The van der Waals surface area contributed by atoms with Gasteiger partial charge in [0.25, 0.3) is 0 Å². The Kier molecular flexibility index (Phi) is 10.5. The number of ether oxygens (including phenoxy) is 6. The summed E-state index contributed by atoms with van der Waals surface area (Å²) in [5.41, 5.74) is 13.3. The molecule has 0 N–H and O–H groups in total. The van der Waals surface area contributed by atoms with Crippen molar-refractivity contribution in [3.8, 4) is 50.6 Å². The first-order valence-electron chi connectivity index (χ1n) is 17.9. The molecule has 264 valence electrons. The van der Waals surface area contributed by atoms with E-state index in [1.54, 1.807) is 0 Å². The molecule has 3 aliphatic rings. The van der Waals surface area contributed by atoms with Crippen LogP contribution in [0.3, 0.4) is 0 Å². The fourth-order valence-corrected chi connectivity index (χ4v) is 6.35. The Labute approximate surface area is 302 Å². The molecule has 3 fully saturated rings. The molecule has 51 heavy (non-hydrogen) atoms. The molecule has 0 aliphatic carbocycles. The molecule has 3 heterocycles. The van der Waals surface area contributed by atoms with Gasteiger partial charge in [-0.25, -0.2) is 0 Å². The number of epoxide rings is 2. The van der Waals surface area contributed by atoms with E-state index in [2.05, 4.69) is 113 Å². The van der Waals surface area contributed by atoms with Crippen LogP contribution in [0.4, 0.5) is 0 Å². The molecule has 6 nitrogen and oxygen atoms in total. The number of benzene rings is 4. The smallest absolute Gasteiger partial charge is 0.145 e. The predicted octanol–water partition coefficient (Wildman–Crippen LogP) is 9.38. The Morgan fingerprint density at radius 1 is 0.529 bits per heavy atom. The molecule has 3 saturated heterocycles. The van der Waals surface area contributed by atoms with Gasteiger partial charge in [-0.1, -0.05) is 54.7 Å². The molecule has 4 aromatic carbocycles. The van der Waals surface area contributed by atoms with Crippen molar-refractivity contribution in [2.45, 2.75) is 58.3 Å². The Morgan fingerprint density at radius 3 is 1.24 bits per heavy atom. The fraction of sp³-hybridized carbons (Fsp3) is 0.333. The maximum absolute atomic E-state index is 6.33. The maximum atomic E-state index is 6.33. The Morgan fingerprint density at radius 2 is 0.902 bits per heavy atom. The topological polar surface area (TPSA) is 62.0 Å². The standard InChI is InChI=1S/C45H48O6/c1-28(2)13-37-16-31(7-10-43(37)49-26-40-24-47-40)34-19-35(32-8-11-44(50-27-41-25-48-41)38(17-32)14-29(3)4)21-36(20-34)33-9-12-45(51-42-22-46-23-42)39(18-33)15-30(5)6/h7-12,16-21,40-42H,1,3,5,13-15,22-27H2,2,4,6H3. The van der Waals surface area contributed by atoms with Crippen LogP contribution in [0.25, 0.3) is 33.4 Å². The third-order valence-corrected chi connectivity index (χ3v) is 9.15. The van der Waals surface area contributed by atoms with Crippen molar-refractivity contribution in [1.82, 2.24) is 0 Å². The van der Waals surface area contributed by atoms with Crippen molar-refractivity contribution in [3.05, 3.63) is 126 Å². The molecule has 0 aromatic heterocycles. The van der Waals surface area contributed by atoms with Crippen LogP contribution in [0.2, 0.25) is 0 Å². The predicted molar refractivity (Wildman–Crippen MR) is 204 cm³/mol. The summed E-state index contributed by atoms with van der Waals surface area (Å²) in [5, 5.41) is 0. The number of rotatable bonds is 17. The molecule has 0 bridgehead atoms. The highest BCUT2D eigenvalue weighted by atomic mass is 16.6. The maximum Gasteiger partial charge on any atom is 0.145 e. The number of hydrogen-bond donors (Lipinski definition) is 0. The Balaban J connectivity index is 1.32. The second kappa shape index (κ2) is 15.3. The van der Waals surface area contributed by atoms with Gasteiger partial charge in [-0.05, 0) is 145 Å². The minimum atomic E-state index is 0.0870. The van der Waals surface area contributed by atoms with Crippen molar-refractivity contribution in [2.75, 3.05) is 39.6 Å². The quantitative estimate of drug-likeness (QED) is 0.0816. The van der Waals surface area contributed by atoms with Crippen LogP contribution in [0.5, 0.6) is 17.2 Å². The van der Waals surface area contributed by atoms with E-state index in [0.29, 0.717) is 26.4 Å². The summed E-state index contributed by atoms with van der Waals surface area (Å²) in [6, 6.07) is 26.3. The molecule has 2 unspecified atom stereocenters. The molecule has 7 rings (SSSR count). The minimum Gasteiger partial charge on any atom is -0.490 e. The zero-order valence-electron chi connectivity index (χ0n) is 30.1. The molecule has 0 spiro atoms. The van der Waals surface area contributed by atoms with Gasteiger partial charge < -0.3 is 28.4 Å². The lowest BCUT2D eigenvalue weighted by molar-refractivity contribution is -0.0799. The number of allylic oxidation sites excluding steroid dienone is 3. The summed E-state index contributed by atoms with van der Waals surface area (Å²) in [7, 11) is 0. The second-order valence-electron chi connectivity index (χ2n) is 14.5. The van der Waals surface area contributed by atoms with E-state index in [9.17, 15) is 0 Å². The second-order valence-corrected chi connectivity index (χ2v) is 14.5. The summed E-state index contributed by atoms with van der Waals surface area (Å²) in [5.74, 6) is 2.64. The summed E-state index contributed by atoms with van der Waals surface area (Å²) in [6.45, 7) is 22.7. The van der Waals surface area contributed by atoms with Crippen LogP contribution in [-0.4, -0.2) is 58.0 Å². The van der Waals surface area contributed by atoms with Gasteiger partial charge in [0.05, 0.1) is 26.4 Å². The van der Waals surface area contributed by atoms with E-state index in [4.69, 9.17) is 28.4 Å². The van der Waals surface area contributed by atoms with Gasteiger partial charge >= 0.3 is 0 Å². The molecule has 6 heteroatoms. The molecule has 3 aliphatic heterocycles. The largest absolute Gasteiger partial charge is 0.490 e. The van der Waals surface area contributed by atoms with E-state index in [-0.39, 0.29) is 18.3 Å². The zero-order chi connectivity index (χ0) is 35.5. The first kappa shape index (κ1) is 34.8. The fourth-order valence-electron chi connectivity index (χ4n) is 6.35. The van der Waals surface area contributed by atoms with Gasteiger partial charge in [0, 0.05) is 0 Å². The van der Waals surface area contributed by atoms with E-state index in [1.165, 1.54) is 0 Å². The van der Waals surface area contributed by atoms with Crippen molar-refractivity contribution < 1.29 is 28.4 Å². The summed E-state index contributed by atoms with van der Waals surface area (Å²) in [6.07, 6.45) is 2.66. The SMILES string of the molecule is C=C(C)Cc1cc(-c2cc(-c3ccc(OCC4CO4)c(CC(=C)C)c3)cc(-c3ccc(OC4COC4)c(CC(=C)C)c3)c2)ccc1OCC1CO1. The monoisotopic (exact) mass is 684 g/mol. The van der Waals surface area contributed by atoms with E-state index < -0.39 is 0 Å². The highest BCUT2D eigenvalue weighted by Crippen LogP contribution is 2.38. The Bertz CT molecular complexity index is 1850. The third-order valence-electron chi connectivity index (χ3n) is 9.15. The van der Waals surface area contributed by atoms with Gasteiger partial charge in [0.1, 0.15) is 48.8 Å². The van der Waals surface area contributed by atoms with E-state index in [1.807, 2.05) is 0 Å². The summed E-state index contributed by atoms with van der Waals surface area (Å²) in [4.78, 5) is 0. The van der Waals surface area contributed by atoms with Crippen molar-refractivity contribution in [1.29, 1.82) is 0 Å². The first-order chi connectivity index (χ1) is 24.7. The Hall–Kier alpha value is -4.62. The van der Waals surface area contributed by atoms with Crippen LogP contribution in [0.1, 0.15) is 37.5 Å². The number of hydrogen-bond acceptors (Lipinski definition) is 6. The lowest BCUT2D eigenvalue weighted by Gasteiger charge is -2.28. The first-order valence-corrected chi connectivity index (χ1v) is 17.9. The van der Waals surface area contributed by atoms with Crippen LogP contribution in [0, 0.1) is 0 Å². The molecular formula is C45H48O6. The lowest BCUT2D eigenvalue weighted by Crippen LogP contribution is -2.38. The zero-order valence-corrected chi connectivity index (χ0v) is 30.1. The molecule has 2 atom stereocenters. The average molecular weight is 685 g/mol. The van der Waals surface area contributed by atoms with Gasteiger partial charge in [-0.2, -0.15) is 0 Å². The van der Waals surface area contributed by atoms with Crippen LogP contribution >= 0.6 is 0 Å². The molecule has 4 aromatic rings. The molecular weight excluding hydrogens is 636 g/mol. The molecule has 0 radical (unpaired) electrons. The summed E-state index contributed by atoms with van der Waals surface area (Å²) >= 11 is 0. The van der Waals surface area contributed by atoms with Crippen LogP contribution < -0.4 is 14.2 Å². The highest BCUT2D eigenvalue weighted by molar-refractivity contribution is 5.82. The van der Waals surface area contributed by atoms with E-state index >= 15 is 0 Å². The van der Waals surface area contributed by atoms with Gasteiger partial charge in [-0.15, -0.1) is 0 Å². The molecule has 0 saturated carbocycles. The third kappa shape index (κ3) is 9.19. The van der Waals surface area contributed by atoms with Gasteiger partial charge in [0.2, 0.25) is 0 Å². The molecule has 0 amide bonds. The van der Waals surface area contributed by atoms with Gasteiger partial charge in [0.15, 0.2) is 0 Å². The van der Waals surface area contributed by atoms with Crippen molar-refractivity contribution in [2.24, 2.45) is 0 Å². The van der Waals surface area contributed by atoms with E-state index in [0.717, 1.165) is 117 Å². The van der Waals surface area contributed by atoms with Crippen LogP contribution in [-0.2, 0) is 33.5 Å². The van der Waals surface area contributed by atoms with Crippen molar-refractivity contribution >= 4 is 0 Å². The summed E-state index contributed by atoms with van der Waals surface area (Å²) < 4.78 is 34.9. The normalized spacial score (nSPS) is 17.7. The van der Waals surface area contributed by atoms with Gasteiger partial charge in [-0.3, -0.25) is 0 Å². The van der Waals surface area contributed by atoms with Crippen LogP contribution in [0.15, 0.2) is 109 Å². The average Bonchev–Trinajstić information content (AvgIpc) is 4.01. The van der Waals surface area contributed by atoms with Crippen molar-refractivity contribution in [3.63, 3.8) is 0 Å². The minimum absolute atomic E-state index is 0.0870. The lowest BCUT2D eigenvalue weighted by atomic mass is 9.90. The highest BCUT2D eigenvalue weighted by Gasteiger charge is 2.25.